The summed E-state index contributed by atoms with van der Waals surface area (Å²) in [6, 6.07) is 22.4. The lowest BCUT2D eigenvalue weighted by Gasteiger charge is -2.06. The molecule has 0 saturated heterocycles. The summed E-state index contributed by atoms with van der Waals surface area (Å²) in [6.07, 6.45) is 1.70. The molecular formula is C22H17N3O2. The molecule has 0 saturated carbocycles. The fourth-order valence-corrected chi connectivity index (χ4v) is 2.66. The van der Waals surface area contributed by atoms with Gasteiger partial charge in [-0.2, -0.15) is 0 Å². The van der Waals surface area contributed by atoms with Gasteiger partial charge in [0.15, 0.2) is 0 Å². The SMILES string of the molecule is Cc1ccc(NC(=O)c2cc3ccccc3oc2=Nc2ccccc2)nc1. The molecule has 2 aromatic heterocycles. The molecule has 0 aliphatic heterocycles. The molecule has 5 nitrogen and oxygen atoms in total. The predicted molar refractivity (Wildman–Crippen MR) is 105 cm³/mol. The van der Waals surface area contributed by atoms with Crippen LogP contribution >= 0.6 is 0 Å². The van der Waals surface area contributed by atoms with Crippen molar-refractivity contribution in [2.24, 2.45) is 4.99 Å². The van der Waals surface area contributed by atoms with Gasteiger partial charge in [-0.15, -0.1) is 0 Å². The predicted octanol–water partition coefficient (Wildman–Crippen LogP) is 4.62. The minimum atomic E-state index is -0.324. The molecule has 0 radical (unpaired) electrons. The van der Waals surface area contributed by atoms with E-state index in [9.17, 15) is 4.79 Å². The number of rotatable bonds is 3. The Labute approximate surface area is 156 Å². The van der Waals surface area contributed by atoms with Crippen LogP contribution in [-0.2, 0) is 0 Å². The number of hydrogen-bond acceptors (Lipinski definition) is 4. The Morgan fingerprint density at radius 3 is 2.56 bits per heavy atom. The summed E-state index contributed by atoms with van der Waals surface area (Å²) in [4.78, 5) is 21.6. The summed E-state index contributed by atoms with van der Waals surface area (Å²) in [5.74, 6) is 0.153. The van der Waals surface area contributed by atoms with Crippen LogP contribution in [0.3, 0.4) is 0 Å². The van der Waals surface area contributed by atoms with Gasteiger partial charge in [-0.3, -0.25) is 4.79 Å². The second-order valence-corrected chi connectivity index (χ2v) is 6.13. The molecule has 4 rings (SSSR count). The van der Waals surface area contributed by atoms with Gasteiger partial charge in [0.25, 0.3) is 5.91 Å². The maximum absolute atomic E-state index is 12.9. The average molecular weight is 355 g/mol. The summed E-state index contributed by atoms with van der Waals surface area (Å²) in [7, 11) is 0. The maximum atomic E-state index is 12.9. The molecule has 2 aromatic carbocycles. The molecule has 0 aliphatic carbocycles. The standard InChI is InChI=1S/C22H17N3O2/c1-15-11-12-20(23-14-15)25-21(26)18-13-16-7-5-6-10-19(16)27-22(18)24-17-8-3-2-4-9-17/h2-14H,1H3,(H,23,25,26). The van der Waals surface area contributed by atoms with Crippen molar-refractivity contribution in [1.82, 2.24) is 4.98 Å². The number of anilines is 1. The number of hydrogen-bond donors (Lipinski definition) is 1. The molecule has 2 heterocycles. The summed E-state index contributed by atoms with van der Waals surface area (Å²) in [6.45, 7) is 1.94. The first-order chi connectivity index (χ1) is 13.2. The van der Waals surface area contributed by atoms with Gasteiger partial charge in [-0.05, 0) is 42.8 Å². The van der Waals surface area contributed by atoms with Crippen molar-refractivity contribution in [1.29, 1.82) is 0 Å². The number of benzene rings is 2. The Bertz CT molecular complexity index is 1160. The van der Waals surface area contributed by atoms with E-state index in [2.05, 4.69) is 15.3 Å². The molecule has 1 N–H and O–H groups in total. The van der Waals surface area contributed by atoms with Gasteiger partial charge >= 0.3 is 0 Å². The summed E-state index contributed by atoms with van der Waals surface area (Å²) in [5, 5.41) is 3.63. The molecule has 0 fully saturated rings. The van der Waals surface area contributed by atoms with Crippen LogP contribution in [0.1, 0.15) is 15.9 Å². The molecule has 4 aromatic rings. The van der Waals surface area contributed by atoms with Crippen LogP contribution in [0.15, 0.2) is 88.4 Å². The third-order valence-electron chi connectivity index (χ3n) is 4.04. The van der Waals surface area contributed by atoms with Crippen molar-refractivity contribution in [3.05, 3.63) is 95.7 Å². The first kappa shape index (κ1) is 16.7. The van der Waals surface area contributed by atoms with Crippen molar-refractivity contribution in [3.63, 3.8) is 0 Å². The van der Waals surface area contributed by atoms with E-state index in [0.717, 1.165) is 10.9 Å². The zero-order chi connectivity index (χ0) is 18.6. The average Bonchev–Trinajstić information content (AvgIpc) is 2.70. The Balaban J connectivity index is 1.82. The first-order valence-corrected chi connectivity index (χ1v) is 8.56. The molecule has 0 spiro atoms. The Kier molecular flexibility index (Phi) is 4.49. The van der Waals surface area contributed by atoms with Crippen molar-refractivity contribution < 1.29 is 9.21 Å². The fourth-order valence-electron chi connectivity index (χ4n) is 2.66. The van der Waals surface area contributed by atoms with Crippen molar-refractivity contribution in [2.45, 2.75) is 6.92 Å². The largest absolute Gasteiger partial charge is 0.438 e. The van der Waals surface area contributed by atoms with Gasteiger partial charge in [0.2, 0.25) is 5.55 Å². The van der Waals surface area contributed by atoms with E-state index in [0.29, 0.717) is 22.7 Å². The third kappa shape index (κ3) is 3.77. The quantitative estimate of drug-likeness (QED) is 0.583. The highest BCUT2D eigenvalue weighted by Gasteiger charge is 2.13. The Morgan fingerprint density at radius 2 is 1.78 bits per heavy atom. The zero-order valence-electron chi connectivity index (χ0n) is 14.7. The van der Waals surface area contributed by atoms with Crippen LogP contribution in [0.5, 0.6) is 0 Å². The highest BCUT2D eigenvalue weighted by atomic mass is 16.3. The minimum absolute atomic E-state index is 0.254. The summed E-state index contributed by atoms with van der Waals surface area (Å²) in [5.41, 5.74) is 2.99. The summed E-state index contributed by atoms with van der Waals surface area (Å²) < 4.78 is 5.93. The van der Waals surface area contributed by atoms with E-state index in [1.54, 1.807) is 18.3 Å². The number of pyridine rings is 1. The van der Waals surface area contributed by atoms with E-state index in [1.165, 1.54) is 0 Å². The molecule has 5 heteroatoms. The van der Waals surface area contributed by atoms with Crippen molar-refractivity contribution >= 4 is 28.4 Å². The van der Waals surface area contributed by atoms with Gasteiger partial charge in [0, 0.05) is 11.6 Å². The number of nitrogens with zero attached hydrogens (tertiary/aromatic N) is 2. The number of carbonyl (C=O) groups excluding carboxylic acids is 1. The number of carbonyl (C=O) groups is 1. The molecular weight excluding hydrogens is 338 g/mol. The first-order valence-electron chi connectivity index (χ1n) is 8.56. The number of nitrogens with one attached hydrogen (secondary N) is 1. The topological polar surface area (TPSA) is 67.5 Å². The van der Waals surface area contributed by atoms with Gasteiger partial charge in [-0.1, -0.05) is 42.5 Å². The van der Waals surface area contributed by atoms with E-state index >= 15 is 0 Å². The van der Waals surface area contributed by atoms with Crippen molar-refractivity contribution in [2.75, 3.05) is 5.32 Å². The van der Waals surface area contributed by atoms with E-state index in [4.69, 9.17) is 4.42 Å². The lowest BCUT2D eigenvalue weighted by Crippen LogP contribution is -2.22. The second kappa shape index (κ2) is 7.25. The number of fused-ring (bicyclic) bond motifs is 1. The smallest absolute Gasteiger partial charge is 0.262 e. The van der Waals surface area contributed by atoms with Crippen LogP contribution in [-0.4, -0.2) is 10.9 Å². The monoisotopic (exact) mass is 355 g/mol. The molecule has 0 unspecified atom stereocenters. The lowest BCUT2D eigenvalue weighted by atomic mass is 10.1. The normalized spacial score (nSPS) is 11.5. The third-order valence-corrected chi connectivity index (χ3v) is 4.04. The van der Waals surface area contributed by atoms with Crippen LogP contribution < -0.4 is 10.9 Å². The van der Waals surface area contributed by atoms with Gasteiger partial charge in [0.1, 0.15) is 17.0 Å². The molecule has 0 atom stereocenters. The van der Waals surface area contributed by atoms with E-state index in [-0.39, 0.29) is 11.5 Å². The number of aromatic nitrogens is 1. The van der Waals surface area contributed by atoms with Gasteiger partial charge in [-0.25, -0.2) is 9.98 Å². The highest BCUT2D eigenvalue weighted by molar-refractivity contribution is 6.04. The molecule has 1 amide bonds. The number of aryl methyl sites for hydroxylation is 1. The maximum Gasteiger partial charge on any atom is 0.262 e. The number of para-hydroxylation sites is 2. The van der Waals surface area contributed by atoms with Gasteiger partial charge in [0.05, 0.1) is 5.69 Å². The molecule has 0 bridgehead atoms. The lowest BCUT2D eigenvalue weighted by molar-refractivity contribution is 0.102. The Morgan fingerprint density at radius 1 is 1.00 bits per heavy atom. The number of amides is 1. The van der Waals surface area contributed by atoms with Crippen molar-refractivity contribution in [3.8, 4) is 0 Å². The summed E-state index contributed by atoms with van der Waals surface area (Å²) >= 11 is 0. The van der Waals surface area contributed by atoms with Crippen LogP contribution in [0, 0.1) is 6.92 Å². The van der Waals surface area contributed by atoms with Crippen LogP contribution in [0.2, 0.25) is 0 Å². The molecule has 132 valence electrons. The van der Waals surface area contributed by atoms with Crippen LogP contribution in [0.4, 0.5) is 11.5 Å². The minimum Gasteiger partial charge on any atom is -0.438 e. The highest BCUT2D eigenvalue weighted by Crippen LogP contribution is 2.16. The molecule has 27 heavy (non-hydrogen) atoms. The fraction of sp³-hybridized carbons (Fsp3) is 0.0455. The van der Waals surface area contributed by atoms with Gasteiger partial charge < -0.3 is 9.73 Å². The van der Waals surface area contributed by atoms with E-state index < -0.39 is 0 Å². The Hall–Kier alpha value is -3.73. The molecule has 0 aliphatic rings. The zero-order valence-corrected chi connectivity index (χ0v) is 14.7. The van der Waals surface area contributed by atoms with Crippen LogP contribution in [0.25, 0.3) is 11.0 Å². The second-order valence-electron chi connectivity index (χ2n) is 6.13. The van der Waals surface area contributed by atoms with E-state index in [1.807, 2.05) is 67.6 Å².